The van der Waals surface area contributed by atoms with E-state index in [1.54, 1.807) is 0 Å². The number of benzene rings is 2. The Hall–Kier alpha value is -2.56. The first-order valence-corrected chi connectivity index (χ1v) is 10.3. The Morgan fingerprint density at radius 3 is 2.32 bits per heavy atom. The Balaban J connectivity index is 1.45. The van der Waals surface area contributed by atoms with Gasteiger partial charge < -0.3 is 15.3 Å². The minimum atomic E-state index is -0.714. The van der Waals surface area contributed by atoms with Crippen molar-refractivity contribution in [3.05, 3.63) is 48.0 Å². The van der Waals surface area contributed by atoms with Crippen molar-refractivity contribution in [3.63, 3.8) is 0 Å². The Morgan fingerprint density at radius 2 is 1.68 bits per heavy atom. The number of carboxylic acids is 1. The molecule has 0 bridgehead atoms. The van der Waals surface area contributed by atoms with E-state index in [9.17, 15) is 9.59 Å². The van der Waals surface area contributed by atoms with Crippen molar-refractivity contribution in [2.75, 3.05) is 0 Å². The lowest BCUT2D eigenvalue weighted by atomic mass is 9.86. The number of hydrogen-bond acceptors (Lipinski definition) is 2. The van der Waals surface area contributed by atoms with Gasteiger partial charge in [-0.05, 0) is 67.9 Å². The minimum Gasteiger partial charge on any atom is -0.481 e. The molecule has 0 heterocycles. The van der Waals surface area contributed by atoms with Gasteiger partial charge in [0.2, 0.25) is 0 Å². The van der Waals surface area contributed by atoms with E-state index < -0.39 is 5.97 Å². The van der Waals surface area contributed by atoms with Gasteiger partial charge in [-0.3, -0.25) is 4.79 Å². The van der Waals surface area contributed by atoms with Crippen LogP contribution in [0.5, 0.6) is 0 Å². The van der Waals surface area contributed by atoms with Crippen LogP contribution in [-0.4, -0.2) is 34.1 Å². The number of carbonyl (C=O) groups excluding carboxylic acids is 1. The van der Waals surface area contributed by atoms with Crippen molar-refractivity contribution >= 4 is 22.8 Å². The maximum Gasteiger partial charge on any atom is 0.318 e. The minimum absolute atomic E-state index is 0.00691. The van der Waals surface area contributed by atoms with E-state index in [4.69, 9.17) is 5.11 Å². The fourth-order valence-corrected chi connectivity index (χ4v) is 4.37. The van der Waals surface area contributed by atoms with Gasteiger partial charge in [0, 0.05) is 12.1 Å². The zero-order valence-corrected chi connectivity index (χ0v) is 16.3. The predicted octanol–water partition coefficient (Wildman–Crippen LogP) is 4.72. The molecular formula is C23H28N2O3. The predicted molar refractivity (Wildman–Crippen MR) is 109 cm³/mol. The summed E-state index contributed by atoms with van der Waals surface area (Å²) in [5.74, 6) is -0.974. The molecule has 0 radical (unpaired) electrons. The van der Waals surface area contributed by atoms with E-state index in [-0.39, 0.29) is 24.0 Å². The molecular weight excluding hydrogens is 352 g/mol. The zero-order chi connectivity index (χ0) is 19.7. The zero-order valence-electron chi connectivity index (χ0n) is 16.3. The summed E-state index contributed by atoms with van der Waals surface area (Å²) >= 11 is 0. The first-order chi connectivity index (χ1) is 13.5. The molecule has 2 fully saturated rings. The second-order valence-electron chi connectivity index (χ2n) is 8.26. The van der Waals surface area contributed by atoms with Crippen molar-refractivity contribution in [2.45, 2.75) is 63.6 Å². The molecule has 2 amide bonds. The van der Waals surface area contributed by atoms with Gasteiger partial charge in [-0.25, -0.2) is 4.79 Å². The molecule has 148 valence electrons. The number of nitrogens with one attached hydrogen (secondary N) is 1. The Kier molecular flexibility index (Phi) is 5.25. The molecule has 0 aromatic heterocycles. The van der Waals surface area contributed by atoms with Crippen LogP contribution in [-0.2, 0) is 4.79 Å². The molecule has 5 heteroatoms. The summed E-state index contributed by atoms with van der Waals surface area (Å²) in [7, 11) is 0. The average molecular weight is 380 g/mol. The highest BCUT2D eigenvalue weighted by Gasteiger charge is 2.37. The molecule has 2 aliphatic rings. The maximum atomic E-state index is 13.1. The highest BCUT2D eigenvalue weighted by molar-refractivity contribution is 5.83. The largest absolute Gasteiger partial charge is 0.481 e. The molecule has 2 aromatic carbocycles. The van der Waals surface area contributed by atoms with Gasteiger partial charge in [0.05, 0.1) is 12.0 Å². The SMILES string of the molecule is CC(c1ccc2ccccc2c1)N(C(=O)NC1CCC(C(=O)O)CC1)C1CC1. The highest BCUT2D eigenvalue weighted by Crippen LogP contribution is 2.35. The monoisotopic (exact) mass is 380 g/mol. The van der Waals surface area contributed by atoms with Gasteiger partial charge >= 0.3 is 12.0 Å². The van der Waals surface area contributed by atoms with Crippen LogP contribution in [0.3, 0.4) is 0 Å². The normalized spacial score (nSPS) is 23.2. The van der Waals surface area contributed by atoms with Gasteiger partial charge in [0.25, 0.3) is 0 Å². The Bertz CT molecular complexity index is 869. The molecule has 28 heavy (non-hydrogen) atoms. The van der Waals surface area contributed by atoms with Crippen LogP contribution >= 0.6 is 0 Å². The average Bonchev–Trinajstić information content (AvgIpc) is 3.53. The number of urea groups is 1. The number of amides is 2. The molecule has 1 atom stereocenters. The first kappa shape index (κ1) is 18.8. The lowest BCUT2D eigenvalue weighted by molar-refractivity contribution is -0.142. The molecule has 2 aromatic rings. The Labute approximate surface area is 165 Å². The summed E-state index contributed by atoms with van der Waals surface area (Å²) in [6.07, 6.45) is 4.87. The van der Waals surface area contributed by atoms with Crippen molar-refractivity contribution in [3.8, 4) is 0 Å². The molecule has 5 nitrogen and oxygen atoms in total. The standard InChI is InChI=1S/C23H28N2O3/c1-15(18-7-6-16-4-2-3-5-19(16)14-18)25(21-12-13-21)23(28)24-20-10-8-17(9-11-20)22(26)27/h2-7,14-15,17,20-21H,8-13H2,1H3,(H,24,28)(H,26,27). The summed E-state index contributed by atoms with van der Waals surface area (Å²) in [4.78, 5) is 26.2. The molecule has 0 saturated heterocycles. The fourth-order valence-electron chi connectivity index (χ4n) is 4.37. The molecule has 4 rings (SSSR count). The highest BCUT2D eigenvalue weighted by atomic mass is 16.4. The number of fused-ring (bicyclic) bond motifs is 1. The maximum absolute atomic E-state index is 13.1. The van der Waals surface area contributed by atoms with Crippen LogP contribution in [0.4, 0.5) is 4.79 Å². The summed E-state index contributed by atoms with van der Waals surface area (Å²) in [5, 5.41) is 14.7. The van der Waals surface area contributed by atoms with Crippen molar-refractivity contribution in [2.24, 2.45) is 5.92 Å². The van der Waals surface area contributed by atoms with Crippen LogP contribution in [0.2, 0.25) is 0 Å². The number of hydrogen-bond donors (Lipinski definition) is 2. The molecule has 2 N–H and O–H groups in total. The van der Waals surface area contributed by atoms with E-state index in [0.717, 1.165) is 31.2 Å². The molecule has 2 saturated carbocycles. The number of aliphatic carboxylic acids is 1. The third-order valence-electron chi connectivity index (χ3n) is 6.25. The topological polar surface area (TPSA) is 69.6 Å². The van der Waals surface area contributed by atoms with Crippen LogP contribution < -0.4 is 5.32 Å². The van der Waals surface area contributed by atoms with E-state index in [1.807, 2.05) is 17.0 Å². The van der Waals surface area contributed by atoms with Gasteiger partial charge in [0.1, 0.15) is 0 Å². The summed E-state index contributed by atoms with van der Waals surface area (Å²) in [6, 6.07) is 15.1. The summed E-state index contributed by atoms with van der Waals surface area (Å²) in [5.41, 5.74) is 1.15. The van der Waals surface area contributed by atoms with Crippen LogP contribution in [0, 0.1) is 5.92 Å². The van der Waals surface area contributed by atoms with Gasteiger partial charge in [-0.1, -0.05) is 36.4 Å². The third-order valence-corrected chi connectivity index (χ3v) is 6.25. The van der Waals surface area contributed by atoms with E-state index in [2.05, 4.69) is 42.6 Å². The lowest BCUT2D eigenvalue weighted by Crippen LogP contribution is -2.48. The smallest absolute Gasteiger partial charge is 0.318 e. The summed E-state index contributed by atoms with van der Waals surface area (Å²) in [6.45, 7) is 2.10. The molecule has 1 unspecified atom stereocenters. The van der Waals surface area contributed by atoms with E-state index in [1.165, 1.54) is 10.8 Å². The first-order valence-electron chi connectivity index (χ1n) is 10.3. The number of carboxylic acid groups (broad SMARTS) is 1. The number of carbonyl (C=O) groups is 2. The van der Waals surface area contributed by atoms with Crippen molar-refractivity contribution in [1.29, 1.82) is 0 Å². The van der Waals surface area contributed by atoms with Gasteiger partial charge in [0.15, 0.2) is 0 Å². The van der Waals surface area contributed by atoms with E-state index in [0.29, 0.717) is 18.9 Å². The lowest BCUT2D eigenvalue weighted by Gasteiger charge is -2.33. The molecule has 0 aliphatic heterocycles. The van der Waals surface area contributed by atoms with Gasteiger partial charge in [-0.15, -0.1) is 0 Å². The van der Waals surface area contributed by atoms with Crippen molar-refractivity contribution < 1.29 is 14.7 Å². The second-order valence-corrected chi connectivity index (χ2v) is 8.26. The van der Waals surface area contributed by atoms with Gasteiger partial charge in [-0.2, -0.15) is 0 Å². The van der Waals surface area contributed by atoms with Crippen LogP contribution in [0.25, 0.3) is 10.8 Å². The van der Waals surface area contributed by atoms with E-state index >= 15 is 0 Å². The molecule has 2 aliphatic carbocycles. The van der Waals surface area contributed by atoms with Crippen LogP contribution in [0.1, 0.15) is 57.1 Å². The van der Waals surface area contributed by atoms with Crippen LogP contribution in [0.15, 0.2) is 42.5 Å². The Morgan fingerprint density at radius 1 is 1.00 bits per heavy atom. The quantitative estimate of drug-likeness (QED) is 0.789. The fraction of sp³-hybridized carbons (Fsp3) is 0.478. The molecule has 0 spiro atoms. The van der Waals surface area contributed by atoms with Crippen molar-refractivity contribution in [1.82, 2.24) is 10.2 Å². The number of nitrogens with zero attached hydrogens (tertiary/aromatic N) is 1. The summed E-state index contributed by atoms with van der Waals surface area (Å²) < 4.78 is 0. The third kappa shape index (κ3) is 3.98. The number of rotatable bonds is 5. The second kappa shape index (κ2) is 7.82.